The number of carbonyl (C=O) groups is 1. The Bertz CT molecular complexity index is 916. The molecule has 1 heterocycles. The SMILES string of the molecule is CC(C)Cn1ccc2c(OCC(=O)Nc3ccc(OCCO)cc3)cccc21. The zero-order valence-corrected chi connectivity index (χ0v) is 16.2. The minimum Gasteiger partial charge on any atom is -0.491 e. The standard InChI is InChI=1S/C22H26N2O4/c1-16(2)14-24-11-10-19-20(24)4-3-5-21(19)28-15-22(26)23-17-6-8-18(9-7-17)27-13-12-25/h3-11,16,25H,12-15H2,1-2H3,(H,23,26). The van der Waals surface area contributed by atoms with Crippen LogP contribution in [0.3, 0.4) is 0 Å². The van der Waals surface area contributed by atoms with Crippen LogP contribution in [0, 0.1) is 5.92 Å². The highest BCUT2D eigenvalue weighted by atomic mass is 16.5. The van der Waals surface area contributed by atoms with Crippen molar-refractivity contribution in [2.75, 3.05) is 25.1 Å². The third-order valence-corrected chi connectivity index (χ3v) is 4.19. The molecule has 0 aliphatic carbocycles. The average molecular weight is 382 g/mol. The molecule has 0 fully saturated rings. The van der Waals surface area contributed by atoms with Crippen LogP contribution in [0.15, 0.2) is 54.7 Å². The van der Waals surface area contributed by atoms with Crippen LogP contribution in [0.5, 0.6) is 11.5 Å². The van der Waals surface area contributed by atoms with Gasteiger partial charge in [-0.2, -0.15) is 0 Å². The number of benzene rings is 2. The summed E-state index contributed by atoms with van der Waals surface area (Å²) in [5.74, 6) is 1.65. The summed E-state index contributed by atoms with van der Waals surface area (Å²) >= 11 is 0. The third-order valence-electron chi connectivity index (χ3n) is 4.19. The molecule has 6 heteroatoms. The van der Waals surface area contributed by atoms with Crippen LogP contribution < -0.4 is 14.8 Å². The van der Waals surface area contributed by atoms with Crippen LogP contribution in [0.4, 0.5) is 5.69 Å². The number of aliphatic hydroxyl groups is 1. The molecular formula is C22H26N2O4. The lowest BCUT2D eigenvalue weighted by molar-refractivity contribution is -0.118. The Morgan fingerprint density at radius 3 is 2.61 bits per heavy atom. The van der Waals surface area contributed by atoms with Gasteiger partial charge in [0.1, 0.15) is 18.1 Å². The van der Waals surface area contributed by atoms with Crippen LogP contribution in [0.1, 0.15) is 13.8 Å². The third kappa shape index (κ3) is 5.04. The van der Waals surface area contributed by atoms with Gasteiger partial charge in [-0.25, -0.2) is 0 Å². The van der Waals surface area contributed by atoms with Crippen molar-refractivity contribution in [2.24, 2.45) is 5.92 Å². The fourth-order valence-electron chi connectivity index (χ4n) is 3.01. The summed E-state index contributed by atoms with van der Waals surface area (Å²) in [6.07, 6.45) is 2.05. The smallest absolute Gasteiger partial charge is 0.262 e. The number of nitrogens with one attached hydrogen (secondary N) is 1. The van der Waals surface area contributed by atoms with Gasteiger partial charge in [0, 0.05) is 23.8 Å². The van der Waals surface area contributed by atoms with Crippen molar-refractivity contribution in [3.8, 4) is 11.5 Å². The van der Waals surface area contributed by atoms with Gasteiger partial charge in [-0.1, -0.05) is 19.9 Å². The van der Waals surface area contributed by atoms with Gasteiger partial charge < -0.3 is 24.5 Å². The number of hydrogen-bond donors (Lipinski definition) is 2. The summed E-state index contributed by atoms with van der Waals surface area (Å²) in [4.78, 5) is 12.2. The monoisotopic (exact) mass is 382 g/mol. The Morgan fingerprint density at radius 1 is 1.11 bits per heavy atom. The van der Waals surface area contributed by atoms with E-state index in [9.17, 15) is 4.79 Å². The first-order valence-electron chi connectivity index (χ1n) is 9.41. The molecule has 0 radical (unpaired) electrons. The zero-order chi connectivity index (χ0) is 19.9. The number of aliphatic hydroxyl groups excluding tert-OH is 1. The molecule has 1 aromatic heterocycles. The summed E-state index contributed by atoms with van der Waals surface area (Å²) in [5.41, 5.74) is 1.76. The lowest BCUT2D eigenvalue weighted by Crippen LogP contribution is -2.20. The molecule has 0 unspecified atom stereocenters. The molecule has 6 nitrogen and oxygen atoms in total. The average Bonchev–Trinajstić information content (AvgIpc) is 3.08. The van der Waals surface area contributed by atoms with E-state index in [4.69, 9.17) is 14.6 Å². The highest BCUT2D eigenvalue weighted by Crippen LogP contribution is 2.27. The second-order valence-electron chi connectivity index (χ2n) is 6.98. The minimum absolute atomic E-state index is 0.0383. The Balaban J connectivity index is 1.59. The fourth-order valence-corrected chi connectivity index (χ4v) is 3.01. The topological polar surface area (TPSA) is 72.7 Å². The Labute approximate surface area is 164 Å². The maximum atomic E-state index is 12.2. The number of fused-ring (bicyclic) bond motifs is 1. The van der Waals surface area contributed by atoms with Gasteiger partial charge in [0.2, 0.25) is 0 Å². The summed E-state index contributed by atoms with van der Waals surface area (Å²) in [6.45, 7) is 5.43. The second-order valence-corrected chi connectivity index (χ2v) is 6.98. The van der Waals surface area contributed by atoms with E-state index in [0.29, 0.717) is 23.1 Å². The van der Waals surface area contributed by atoms with Crippen molar-refractivity contribution in [1.29, 1.82) is 0 Å². The van der Waals surface area contributed by atoms with Crippen LogP contribution in [0.25, 0.3) is 10.9 Å². The molecule has 28 heavy (non-hydrogen) atoms. The molecule has 0 saturated carbocycles. The van der Waals surface area contributed by atoms with Gasteiger partial charge >= 0.3 is 0 Å². The van der Waals surface area contributed by atoms with Crippen LogP contribution in [-0.2, 0) is 11.3 Å². The molecule has 3 rings (SSSR count). The molecular weight excluding hydrogens is 356 g/mol. The second kappa shape index (κ2) is 9.28. The van der Waals surface area contributed by atoms with E-state index in [2.05, 4.69) is 36.0 Å². The van der Waals surface area contributed by atoms with Crippen molar-refractivity contribution in [3.63, 3.8) is 0 Å². The molecule has 0 aliphatic heterocycles. The lowest BCUT2D eigenvalue weighted by Gasteiger charge is -2.11. The largest absolute Gasteiger partial charge is 0.491 e. The molecule has 1 amide bonds. The van der Waals surface area contributed by atoms with Crippen LogP contribution in [-0.4, -0.2) is 35.4 Å². The minimum atomic E-state index is -0.234. The van der Waals surface area contributed by atoms with Crippen molar-refractivity contribution < 1.29 is 19.4 Å². The van der Waals surface area contributed by atoms with E-state index < -0.39 is 0 Å². The van der Waals surface area contributed by atoms with E-state index in [-0.39, 0.29) is 25.7 Å². The van der Waals surface area contributed by atoms with Gasteiger partial charge in [-0.05, 0) is 48.4 Å². The van der Waals surface area contributed by atoms with E-state index >= 15 is 0 Å². The summed E-state index contributed by atoms with van der Waals surface area (Å²) in [5, 5.41) is 12.6. The van der Waals surface area contributed by atoms with E-state index in [1.807, 2.05) is 18.2 Å². The lowest BCUT2D eigenvalue weighted by atomic mass is 10.2. The van der Waals surface area contributed by atoms with Gasteiger partial charge in [0.05, 0.1) is 12.1 Å². The van der Waals surface area contributed by atoms with E-state index in [0.717, 1.165) is 17.4 Å². The van der Waals surface area contributed by atoms with E-state index in [1.54, 1.807) is 24.3 Å². The highest BCUT2D eigenvalue weighted by molar-refractivity contribution is 5.92. The van der Waals surface area contributed by atoms with Crippen LogP contribution >= 0.6 is 0 Å². The van der Waals surface area contributed by atoms with Crippen molar-refractivity contribution in [2.45, 2.75) is 20.4 Å². The maximum Gasteiger partial charge on any atom is 0.262 e. The number of rotatable bonds is 9. The van der Waals surface area contributed by atoms with E-state index in [1.165, 1.54) is 0 Å². The molecule has 0 spiro atoms. The Hall–Kier alpha value is -2.99. The van der Waals surface area contributed by atoms with Gasteiger partial charge in [0.15, 0.2) is 6.61 Å². The number of anilines is 1. The van der Waals surface area contributed by atoms with Gasteiger partial charge in [0.25, 0.3) is 5.91 Å². The van der Waals surface area contributed by atoms with Gasteiger partial charge in [-0.3, -0.25) is 4.79 Å². The first-order chi connectivity index (χ1) is 13.6. The molecule has 0 saturated heterocycles. The fraction of sp³-hybridized carbons (Fsp3) is 0.318. The van der Waals surface area contributed by atoms with Crippen molar-refractivity contribution in [1.82, 2.24) is 4.57 Å². The summed E-state index contributed by atoms with van der Waals surface area (Å²) in [7, 11) is 0. The summed E-state index contributed by atoms with van der Waals surface area (Å²) < 4.78 is 13.3. The predicted molar refractivity (Wildman–Crippen MR) is 110 cm³/mol. The molecule has 0 atom stereocenters. The molecule has 2 aromatic carbocycles. The predicted octanol–water partition coefficient (Wildman–Crippen LogP) is 3.69. The first-order valence-corrected chi connectivity index (χ1v) is 9.41. The zero-order valence-electron chi connectivity index (χ0n) is 16.2. The van der Waals surface area contributed by atoms with Crippen molar-refractivity contribution >= 4 is 22.5 Å². The van der Waals surface area contributed by atoms with Gasteiger partial charge in [-0.15, -0.1) is 0 Å². The molecule has 2 N–H and O–H groups in total. The summed E-state index contributed by atoms with van der Waals surface area (Å²) in [6, 6.07) is 14.9. The molecule has 148 valence electrons. The quantitative estimate of drug-likeness (QED) is 0.592. The number of carbonyl (C=O) groups excluding carboxylic acids is 1. The number of ether oxygens (including phenoxy) is 2. The number of nitrogens with zero attached hydrogens (tertiary/aromatic N) is 1. The Kier molecular flexibility index (Phi) is 6.55. The first kappa shape index (κ1) is 19.8. The molecule has 0 bridgehead atoms. The molecule has 3 aromatic rings. The number of hydrogen-bond acceptors (Lipinski definition) is 4. The normalized spacial score (nSPS) is 11.0. The molecule has 0 aliphatic rings. The Morgan fingerprint density at radius 2 is 1.89 bits per heavy atom. The number of aromatic nitrogens is 1. The maximum absolute atomic E-state index is 12.2. The number of amides is 1. The van der Waals surface area contributed by atoms with Crippen molar-refractivity contribution in [3.05, 3.63) is 54.7 Å². The highest BCUT2D eigenvalue weighted by Gasteiger charge is 2.10. The van der Waals surface area contributed by atoms with Crippen LogP contribution in [0.2, 0.25) is 0 Å².